The van der Waals surface area contributed by atoms with Crippen molar-refractivity contribution in [2.24, 2.45) is 0 Å². The summed E-state index contributed by atoms with van der Waals surface area (Å²) < 4.78 is 28.6. The molecule has 0 aliphatic heterocycles. The van der Waals surface area contributed by atoms with Gasteiger partial charge in [0.05, 0.1) is 15.6 Å². The van der Waals surface area contributed by atoms with Gasteiger partial charge in [-0.3, -0.25) is 0 Å². The second kappa shape index (κ2) is 7.52. The predicted octanol–water partition coefficient (Wildman–Crippen LogP) is 5.05. The van der Waals surface area contributed by atoms with E-state index in [1.54, 1.807) is 18.3 Å². The molecule has 2 aromatic carbocycles. The molecule has 4 nitrogen and oxygen atoms in total. The second-order valence-corrected chi connectivity index (χ2v) is 9.62. The summed E-state index contributed by atoms with van der Waals surface area (Å²) >= 11 is 15.7. The smallest absolute Gasteiger partial charge is 0.269 e. The molecule has 0 unspecified atom stereocenters. The number of halogens is 3. The summed E-state index contributed by atoms with van der Waals surface area (Å²) in [5, 5.41) is 1.12. The first-order chi connectivity index (χ1) is 12.2. The highest BCUT2D eigenvalue weighted by Crippen LogP contribution is 2.35. The molecule has 0 N–H and O–H groups in total. The van der Waals surface area contributed by atoms with E-state index in [4.69, 9.17) is 23.2 Å². The van der Waals surface area contributed by atoms with Crippen molar-refractivity contribution >= 4 is 60.1 Å². The van der Waals surface area contributed by atoms with Crippen molar-refractivity contribution in [2.75, 3.05) is 20.6 Å². The molecule has 0 saturated heterocycles. The van der Waals surface area contributed by atoms with Gasteiger partial charge < -0.3 is 4.90 Å². The SMILES string of the molecule is CN(C)CCc1cn(S(=O)(=O)c2cccc(Cl)c2Cl)c2c(Br)cccc12. The normalized spacial score (nSPS) is 12.2. The zero-order valence-electron chi connectivity index (χ0n) is 14.2. The van der Waals surface area contributed by atoms with Crippen LogP contribution in [-0.2, 0) is 16.4 Å². The van der Waals surface area contributed by atoms with Crippen molar-refractivity contribution in [3.63, 3.8) is 0 Å². The van der Waals surface area contributed by atoms with Crippen LogP contribution in [0.5, 0.6) is 0 Å². The van der Waals surface area contributed by atoms with E-state index >= 15 is 0 Å². The van der Waals surface area contributed by atoms with Crippen molar-refractivity contribution in [1.29, 1.82) is 0 Å². The van der Waals surface area contributed by atoms with Gasteiger partial charge in [0.1, 0.15) is 4.90 Å². The van der Waals surface area contributed by atoms with Crippen LogP contribution in [0.1, 0.15) is 5.56 Å². The summed E-state index contributed by atoms with van der Waals surface area (Å²) in [5.74, 6) is 0. The minimum absolute atomic E-state index is 0.0153. The Morgan fingerprint density at radius 2 is 1.81 bits per heavy atom. The van der Waals surface area contributed by atoms with E-state index in [9.17, 15) is 8.42 Å². The Hall–Kier alpha value is -1.05. The summed E-state index contributed by atoms with van der Waals surface area (Å²) in [7, 11) is 0.0651. The number of likely N-dealkylation sites (N-methyl/N-ethyl adjacent to an activating group) is 1. The Labute approximate surface area is 171 Å². The largest absolute Gasteiger partial charge is 0.309 e. The molecule has 0 aliphatic carbocycles. The quantitative estimate of drug-likeness (QED) is 0.518. The summed E-state index contributed by atoms with van der Waals surface area (Å²) in [6.07, 6.45) is 2.40. The van der Waals surface area contributed by atoms with Crippen LogP contribution in [0, 0.1) is 0 Å². The van der Waals surface area contributed by atoms with Crippen LogP contribution in [0.4, 0.5) is 0 Å². The van der Waals surface area contributed by atoms with Crippen molar-refractivity contribution in [1.82, 2.24) is 8.87 Å². The van der Waals surface area contributed by atoms with Gasteiger partial charge in [-0.2, -0.15) is 0 Å². The minimum Gasteiger partial charge on any atom is -0.309 e. The van der Waals surface area contributed by atoms with Gasteiger partial charge in [0.25, 0.3) is 10.0 Å². The number of aromatic nitrogens is 1. The number of nitrogens with zero attached hydrogens (tertiary/aromatic N) is 2. The molecule has 3 rings (SSSR count). The number of benzene rings is 2. The lowest BCUT2D eigenvalue weighted by Gasteiger charge is -2.10. The molecular formula is C18H17BrCl2N2O2S. The molecule has 26 heavy (non-hydrogen) atoms. The van der Waals surface area contributed by atoms with Crippen molar-refractivity contribution < 1.29 is 8.42 Å². The average Bonchev–Trinajstić information content (AvgIpc) is 2.96. The third-order valence-electron chi connectivity index (χ3n) is 4.11. The average molecular weight is 476 g/mol. The third kappa shape index (κ3) is 3.53. The molecule has 0 atom stereocenters. The van der Waals surface area contributed by atoms with Gasteiger partial charge in [-0.15, -0.1) is 0 Å². The highest BCUT2D eigenvalue weighted by molar-refractivity contribution is 9.10. The van der Waals surface area contributed by atoms with E-state index < -0.39 is 10.0 Å². The Morgan fingerprint density at radius 3 is 2.50 bits per heavy atom. The van der Waals surface area contributed by atoms with Crippen LogP contribution in [0.25, 0.3) is 10.9 Å². The molecule has 0 saturated carbocycles. The highest BCUT2D eigenvalue weighted by Gasteiger charge is 2.25. The zero-order valence-corrected chi connectivity index (χ0v) is 18.1. The first kappa shape index (κ1) is 19.7. The standard InChI is InChI=1S/C18H17BrCl2N2O2S/c1-22(2)10-9-12-11-23(18-13(12)5-3-6-14(18)19)26(24,25)16-8-4-7-15(20)17(16)21/h3-8,11H,9-10H2,1-2H3. The summed E-state index contributed by atoms with van der Waals surface area (Å²) in [5.41, 5.74) is 1.55. The number of rotatable bonds is 5. The fraction of sp³-hybridized carbons (Fsp3) is 0.222. The monoisotopic (exact) mass is 474 g/mol. The molecule has 0 aliphatic rings. The van der Waals surface area contributed by atoms with Crippen molar-refractivity contribution in [2.45, 2.75) is 11.3 Å². The Balaban J connectivity index is 2.26. The van der Waals surface area contributed by atoms with E-state index in [2.05, 4.69) is 20.8 Å². The number of hydrogen-bond donors (Lipinski definition) is 0. The molecule has 0 amide bonds. The number of para-hydroxylation sites is 1. The van der Waals surface area contributed by atoms with Gasteiger partial charge in [-0.05, 0) is 60.2 Å². The lowest BCUT2D eigenvalue weighted by molar-refractivity contribution is 0.414. The molecule has 0 spiro atoms. The number of hydrogen-bond acceptors (Lipinski definition) is 3. The molecule has 1 aromatic heterocycles. The topological polar surface area (TPSA) is 42.3 Å². The van der Waals surface area contributed by atoms with E-state index in [0.29, 0.717) is 9.99 Å². The van der Waals surface area contributed by atoms with Gasteiger partial charge >= 0.3 is 0 Å². The lowest BCUT2D eigenvalue weighted by atomic mass is 10.1. The maximum atomic E-state index is 13.3. The Morgan fingerprint density at radius 1 is 1.12 bits per heavy atom. The molecule has 138 valence electrons. The van der Waals surface area contributed by atoms with Gasteiger partial charge in [0.2, 0.25) is 0 Å². The second-order valence-electron chi connectivity index (χ2n) is 6.20. The van der Waals surface area contributed by atoms with Crippen molar-refractivity contribution in [3.05, 3.63) is 62.7 Å². The van der Waals surface area contributed by atoms with E-state index in [1.807, 2.05) is 32.3 Å². The van der Waals surface area contributed by atoms with Gasteiger partial charge in [0.15, 0.2) is 0 Å². The molecular weight excluding hydrogens is 459 g/mol. The van der Waals surface area contributed by atoms with Crippen LogP contribution in [0.15, 0.2) is 52.0 Å². The fourth-order valence-electron chi connectivity index (χ4n) is 2.80. The van der Waals surface area contributed by atoms with Crippen LogP contribution >= 0.6 is 39.1 Å². The summed E-state index contributed by atoms with van der Waals surface area (Å²) in [4.78, 5) is 2.04. The molecule has 1 heterocycles. The predicted molar refractivity (Wildman–Crippen MR) is 111 cm³/mol. The Bertz CT molecular complexity index is 1080. The molecule has 0 bridgehead atoms. The molecule has 0 radical (unpaired) electrons. The summed E-state index contributed by atoms with van der Waals surface area (Å²) in [6, 6.07) is 10.3. The van der Waals surface area contributed by atoms with Gasteiger partial charge in [-0.25, -0.2) is 12.4 Å². The van der Waals surface area contributed by atoms with Crippen molar-refractivity contribution in [3.8, 4) is 0 Å². The molecule has 0 fully saturated rings. The first-order valence-corrected chi connectivity index (χ1v) is 10.8. The van der Waals surface area contributed by atoms with E-state index in [1.165, 1.54) is 10.0 Å². The third-order valence-corrected chi connectivity index (χ3v) is 7.38. The van der Waals surface area contributed by atoms with E-state index in [-0.39, 0.29) is 14.9 Å². The van der Waals surface area contributed by atoms with Crippen LogP contribution < -0.4 is 0 Å². The number of fused-ring (bicyclic) bond motifs is 1. The van der Waals surface area contributed by atoms with Crippen LogP contribution in [-0.4, -0.2) is 37.9 Å². The maximum Gasteiger partial charge on any atom is 0.269 e. The van der Waals surface area contributed by atoms with Crippen LogP contribution in [0.2, 0.25) is 10.0 Å². The molecule has 8 heteroatoms. The zero-order chi connectivity index (χ0) is 19.1. The van der Waals surface area contributed by atoms with Crippen LogP contribution in [0.3, 0.4) is 0 Å². The maximum absolute atomic E-state index is 13.3. The molecule has 3 aromatic rings. The highest BCUT2D eigenvalue weighted by atomic mass is 79.9. The first-order valence-electron chi connectivity index (χ1n) is 7.86. The summed E-state index contributed by atoms with van der Waals surface area (Å²) in [6.45, 7) is 0.809. The minimum atomic E-state index is -3.90. The Kier molecular flexibility index (Phi) is 5.70. The fourth-order valence-corrected chi connectivity index (χ4v) is 5.62. The lowest BCUT2D eigenvalue weighted by Crippen LogP contribution is -2.15. The van der Waals surface area contributed by atoms with Gasteiger partial charge in [-0.1, -0.05) is 41.4 Å². The van der Waals surface area contributed by atoms with Gasteiger partial charge in [0, 0.05) is 22.6 Å². The van der Waals surface area contributed by atoms with E-state index in [0.717, 1.165) is 23.9 Å².